The summed E-state index contributed by atoms with van der Waals surface area (Å²) in [5.41, 5.74) is -1.01. The Balaban J connectivity index is 2.42. The molecule has 18 heavy (non-hydrogen) atoms. The second kappa shape index (κ2) is 4.31. The zero-order valence-electron chi connectivity index (χ0n) is 10.2. The first-order valence-electron chi connectivity index (χ1n) is 5.56. The summed E-state index contributed by atoms with van der Waals surface area (Å²) in [6.07, 6.45) is 0.698. The molecule has 1 aliphatic carbocycles. The maximum absolute atomic E-state index is 13.4. The summed E-state index contributed by atoms with van der Waals surface area (Å²) in [5.74, 6) is -1.37. The zero-order chi connectivity index (χ0) is 13.6. The molecular weight excluding hydrogens is 303 g/mol. The van der Waals surface area contributed by atoms with E-state index < -0.39 is 22.8 Å². The Morgan fingerprint density at radius 1 is 1.44 bits per heavy atom. The summed E-state index contributed by atoms with van der Waals surface area (Å²) in [4.78, 5) is 11.5. The molecule has 1 aliphatic rings. The standard InChI is InChI=1S/C13H14BrFO3/c1-12(18-2)6-13(7-12,11(16)17)8-3-9(14)5-10(15)4-8/h3-5H,6-7H2,1-2H3,(H,16,17). The molecule has 1 aromatic carbocycles. The number of carboxylic acids is 1. The van der Waals surface area contributed by atoms with Crippen LogP contribution in [0.25, 0.3) is 0 Å². The predicted octanol–water partition coefficient (Wildman–Crippen LogP) is 3.11. The molecule has 0 unspecified atom stereocenters. The van der Waals surface area contributed by atoms with Crippen molar-refractivity contribution in [2.45, 2.75) is 30.8 Å². The quantitative estimate of drug-likeness (QED) is 0.932. The number of hydrogen-bond donors (Lipinski definition) is 1. The van der Waals surface area contributed by atoms with Crippen molar-refractivity contribution in [3.8, 4) is 0 Å². The molecule has 3 nitrogen and oxygen atoms in total. The maximum atomic E-state index is 13.4. The third-order valence-electron chi connectivity index (χ3n) is 3.67. The molecule has 1 saturated carbocycles. The second-order valence-corrected chi connectivity index (χ2v) is 5.97. The van der Waals surface area contributed by atoms with Gasteiger partial charge in [-0.25, -0.2) is 4.39 Å². The molecule has 0 atom stereocenters. The molecule has 0 aliphatic heterocycles. The van der Waals surface area contributed by atoms with Gasteiger partial charge in [0.1, 0.15) is 5.82 Å². The van der Waals surface area contributed by atoms with E-state index in [9.17, 15) is 14.3 Å². The average Bonchev–Trinajstić information content (AvgIpc) is 2.22. The van der Waals surface area contributed by atoms with Crippen LogP contribution in [0.1, 0.15) is 25.3 Å². The summed E-state index contributed by atoms with van der Waals surface area (Å²) < 4.78 is 19.2. The normalized spacial score (nSPS) is 30.9. The van der Waals surface area contributed by atoms with Crippen molar-refractivity contribution in [3.05, 3.63) is 34.1 Å². The maximum Gasteiger partial charge on any atom is 0.314 e. The lowest BCUT2D eigenvalue weighted by Gasteiger charge is -2.51. The van der Waals surface area contributed by atoms with E-state index in [0.717, 1.165) is 0 Å². The molecule has 0 amide bonds. The van der Waals surface area contributed by atoms with Crippen LogP contribution in [0.2, 0.25) is 0 Å². The Bertz CT molecular complexity index is 475. The van der Waals surface area contributed by atoms with Crippen molar-refractivity contribution in [2.75, 3.05) is 7.11 Å². The molecule has 1 N–H and O–H groups in total. The van der Waals surface area contributed by atoms with Gasteiger partial charge in [0.2, 0.25) is 0 Å². The summed E-state index contributed by atoms with van der Waals surface area (Å²) in [5, 5.41) is 9.45. The Labute approximate surface area is 113 Å². The van der Waals surface area contributed by atoms with E-state index in [1.165, 1.54) is 12.1 Å². The third kappa shape index (κ3) is 2.06. The van der Waals surface area contributed by atoms with Crippen LogP contribution in [0.15, 0.2) is 22.7 Å². The van der Waals surface area contributed by atoms with Gasteiger partial charge in [0.15, 0.2) is 0 Å². The number of benzene rings is 1. The van der Waals surface area contributed by atoms with Crippen molar-refractivity contribution < 1.29 is 19.0 Å². The van der Waals surface area contributed by atoms with Crippen molar-refractivity contribution in [3.63, 3.8) is 0 Å². The first-order valence-corrected chi connectivity index (χ1v) is 6.36. The molecule has 0 aromatic heterocycles. The third-order valence-corrected chi connectivity index (χ3v) is 4.13. The van der Waals surface area contributed by atoms with E-state index >= 15 is 0 Å². The Morgan fingerprint density at radius 3 is 2.50 bits per heavy atom. The summed E-state index contributed by atoms with van der Waals surface area (Å²) in [6, 6.07) is 4.26. The van der Waals surface area contributed by atoms with Crippen LogP contribution in [0.3, 0.4) is 0 Å². The van der Waals surface area contributed by atoms with Crippen LogP contribution in [0.5, 0.6) is 0 Å². The lowest BCUT2D eigenvalue weighted by atomic mass is 9.56. The summed E-state index contributed by atoms with van der Waals surface area (Å²) in [7, 11) is 1.56. The highest BCUT2D eigenvalue weighted by Gasteiger charge is 2.58. The van der Waals surface area contributed by atoms with Crippen LogP contribution in [-0.2, 0) is 14.9 Å². The molecule has 1 fully saturated rings. The Kier molecular flexibility index (Phi) is 3.23. The van der Waals surface area contributed by atoms with Crippen LogP contribution in [0.4, 0.5) is 4.39 Å². The van der Waals surface area contributed by atoms with Gasteiger partial charge in [-0.3, -0.25) is 4.79 Å². The lowest BCUT2D eigenvalue weighted by Crippen LogP contribution is -2.58. The van der Waals surface area contributed by atoms with Crippen molar-refractivity contribution in [1.82, 2.24) is 0 Å². The molecule has 1 aromatic rings. The predicted molar refractivity (Wildman–Crippen MR) is 68.1 cm³/mol. The molecule has 0 bridgehead atoms. The van der Waals surface area contributed by atoms with Gasteiger partial charge in [0.25, 0.3) is 0 Å². The molecule has 0 spiro atoms. The first-order chi connectivity index (χ1) is 8.31. The minimum absolute atomic E-state index is 0.349. The summed E-state index contributed by atoms with van der Waals surface area (Å²) >= 11 is 3.19. The van der Waals surface area contributed by atoms with Gasteiger partial charge in [-0.05, 0) is 43.5 Å². The van der Waals surface area contributed by atoms with Gasteiger partial charge in [-0.1, -0.05) is 15.9 Å². The van der Waals surface area contributed by atoms with E-state index in [1.807, 2.05) is 6.92 Å². The second-order valence-electron chi connectivity index (χ2n) is 5.05. The molecule has 98 valence electrons. The minimum atomic E-state index is -1.05. The zero-order valence-corrected chi connectivity index (χ0v) is 11.8. The fourth-order valence-electron chi connectivity index (χ4n) is 2.68. The first kappa shape index (κ1) is 13.5. The van der Waals surface area contributed by atoms with E-state index in [1.54, 1.807) is 13.2 Å². The highest BCUT2D eigenvalue weighted by atomic mass is 79.9. The fraction of sp³-hybridized carbons (Fsp3) is 0.462. The smallest absolute Gasteiger partial charge is 0.314 e. The van der Waals surface area contributed by atoms with Gasteiger partial charge < -0.3 is 9.84 Å². The number of carboxylic acid groups (broad SMARTS) is 1. The number of aliphatic carboxylic acids is 1. The number of halogens is 2. The monoisotopic (exact) mass is 316 g/mol. The van der Waals surface area contributed by atoms with Crippen molar-refractivity contribution >= 4 is 21.9 Å². The number of ether oxygens (including phenoxy) is 1. The number of rotatable bonds is 3. The topological polar surface area (TPSA) is 46.5 Å². The van der Waals surface area contributed by atoms with Gasteiger partial charge in [0.05, 0.1) is 11.0 Å². The number of methoxy groups -OCH3 is 1. The number of carbonyl (C=O) groups is 1. The van der Waals surface area contributed by atoms with Crippen LogP contribution >= 0.6 is 15.9 Å². The Hall–Kier alpha value is -0.940. The van der Waals surface area contributed by atoms with Gasteiger partial charge in [0, 0.05) is 11.6 Å². The highest BCUT2D eigenvalue weighted by molar-refractivity contribution is 9.10. The van der Waals surface area contributed by atoms with E-state index in [-0.39, 0.29) is 0 Å². The van der Waals surface area contributed by atoms with Crippen molar-refractivity contribution in [2.24, 2.45) is 0 Å². The lowest BCUT2D eigenvalue weighted by molar-refractivity contribution is -0.166. The van der Waals surface area contributed by atoms with Gasteiger partial charge in [-0.15, -0.1) is 0 Å². The summed E-state index contributed by atoms with van der Waals surface area (Å²) in [6.45, 7) is 1.86. The van der Waals surface area contributed by atoms with Crippen molar-refractivity contribution in [1.29, 1.82) is 0 Å². The van der Waals surface area contributed by atoms with Crippen LogP contribution < -0.4 is 0 Å². The molecule has 0 heterocycles. The number of hydrogen-bond acceptors (Lipinski definition) is 2. The average molecular weight is 317 g/mol. The van der Waals surface area contributed by atoms with E-state index in [0.29, 0.717) is 22.9 Å². The highest BCUT2D eigenvalue weighted by Crippen LogP contribution is 2.52. The van der Waals surface area contributed by atoms with Gasteiger partial charge >= 0.3 is 5.97 Å². The molecular formula is C13H14BrFO3. The van der Waals surface area contributed by atoms with E-state index in [4.69, 9.17) is 4.74 Å². The van der Waals surface area contributed by atoms with Gasteiger partial charge in [-0.2, -0.15) is 0 Å². The minimum Gasteiger partial charge on any atom is -0.481 e. The Morgan fingerprint density at radius 2 is 2.06 bits per heavy atom. The SMILES string of the molecule is COC1(C)CC(C(=O)O)(c2cc(F)cc(Br)c2)C1. The fourth-order valence-corrected chi connectivity index (χ4v) is 3.14. The van der Waals surface area contributed by atoms with E-state index in [2.05, 4.69) is 15.9 Å². The molecule has 0 radical (unpaired) electrons. The largest absolute Gasteiger partial charge is 0.481 e. The molecule has 0 saturated heterocycles. The molecule has 2 rings (SSSR count). The molecule has 5 heteroatoms. The van der Waals surface area contributed by atoms with Crippen LogP contribution in [0, 0.1) is 5.82 Å². The van der Waals surface area contributed by atoms with Crippen LogP contribution in [-0.4, -0.2) is 23.8 Å².